The first-order chi connectivity index (χ1) is 11.7. The van der Waals surface area contributed by atoms with E-state index in [1.807, 2.05) is 6.07 Å². The van der Waals surface area contributed by atoms with Crippen LogP contribution in [0, 0.1) is 18.8 Å². The second kappa shape index (κ2) is 5.33. The summed E-state index contributed by atoms with van der Waals surface area (Å²) >= 11 is 0. The largest absolute Gasteiger partial charge is 0.357 e. The summed E-state index contributed by atoms with van der Waals surface area (Å²) in [5, 5.41) is 3.86. The van der Waals surface area contributed by atoms with E-state index in [2.05, 4.69) is 64.9 Å². The van der Waals surface area contributed by atoms with Crippen molar-refractivity contribution >= 4 is 11.6 Å². The number of aryl methyl sites for hydroxylation is 1. The summed E-state index contributed by atoms with van der Waals surface area (Å²) in [4.78, 5) is 0. The van der Waals surface area contributed by atoms with Crippen molar-refractivity contribution in [3.63, 3.8) is 0 Å². The second-order valence-electron chi connectivity index (χ2n) is 9.17. The first-order valence-corrected chi connectivity index (χ1v) is 9.51. The zero-order valence-corrected chi connectivity index (χ0v) is 16.3. The number of nitrogens with zero attached hydrogens (tertiary/aromatic N) is 1. The summed E-state index contributed by atoms with van der Waals surface area (Å²) in [6.07, 6.45) is 6.48. The molecule has 0 bridgehead atoms. The Balaban J connectivity index is 1.89. The Morgan fingerprint density at radius 2 is 1.76 bits per heavy atom. The lowest BCUT2D eigenvalue weighted by Gasteiger charge is -2.32. The molecule has 1 heterocycles. The molecule has 1 fully saturated rings. The van der Waals surface area contributed by atoms with Crippen LogP contribution in [-0.4, -0.2) is 5.16 Å². The summed E-state index contributed by atoms with van der Waals surface area (Å²) in [7, 11) is 0. The predicted octanol–water partition coefficient (Wildman–Crippen LogP) is 6.14. The topological polar surface area (TPSA) is 26.0 Å². The Kier molecular flexibility index (Phi) is 3.55. The van der Waals surface area contributed by atoms with Crippen LogP contribution in [0.25, 0.3) is 11.6 Å². The summed E-state index contributed by atoms with van der Waals surface area (Å²) in [5.41, 5.74) is 7.67. The lowest BCUT2D eigenvalue weighted by atomic mass is 9.71. The standard InChI is InChI=1S/C23H29NO/c1-14-11-20-21(23(5,6)15(2)22(20,3)4)13-18(14)19(16-7-8-16)12-17-9-10-24-25-17/h9-13,15-16H,7-8H2,1-6H3. The van der Waals surface area contributed by atoms with E-state index in [9.17, 15) is 0 Å². The number of rotatable bonds is 3. The molecule has 1 unspecified atom stereocenters. The summed E-state index contributed by atoms with van der Waals surface area (Å²) in [6, 6.07) is 6.88. The van der Waals surface area contributed by atoms with Gasteiger partial charge in [0, 0.05) is 6.07 Å². The molecule has 0 spiro atoms. The Hall–Kier alpha value is -1.83. The molecule has 0 saturated heterocycles. The molecule has 0 amide bonds. The van der Waals surface area contributed by atoms with Crippen molar-refractivity contribution in [3.8, 4) is 0 Å². The van der Waals surface area contributed by atoms with Gasteiger partial charge in [-0.25, -0.2) is 0 Å². The molecule has 1 aromatic heterocycles. The molecular formula is C23H29NO. The first-order valence-electron chi connectivity index (χ1n) is 9.51. The highest BCUT2D eigenvalue weighted by Crippen LogP contribution is 2.55. The summed E-state index contributed by atoms with van der Waals surface area (Å²) in [6.45, 7) is 14.3. The van der Waals surface area contributed by atoms with E-state index in [1.54, 1.807) is 6.20 Å². The van der Waals surface area contributed by atoms with E-state index in [4.69, 9.17) is 4.52 Å². The smallest absolute Gasteiger partial charge is 0.159 e. The summed E-state index contributed by atoms with van der Waals surface area (Å²) in [5.74, 6) is 2.14. The zero-order chi connectivity index (χ0) is 18.0. The molecule has 1 aromatic carbocycles. The first kappa shape index (κ1) is 16.6. The van der Waals surface area contributed by atoms with Crippen molar-refractivity contribution < 1.29 is 4.52 Å². The van der Waals surface area contributed by atoms with E-state index in [1.165, 1.54) is 40.7 Å². The van der Waals surface area contributed by atoms with E-state index in [-0.39, 0.29) is 10.8 Å². The fourth-order valence-electron chi connectivity index (χ4n) is 4.72. The van der Waals surface area contributed by atoms with Crippen LogP contribution in [0.5, 0.6) is 0 Å². The van der Waals surface area contributed by atoms with Gasteiger partial charge >= 0.3 is 0 Å². The SMILES string of the molecule is Cc1cc2c(cc1C(=Cc1ccno1)C1CC1)C(C)(C)C(C)C2(C)C. The Bertz CT molecular complexity index is 835. The fourth-order valence-corrected chi connectivity index (χ4v) is 4.72. The minimum Gasteiger partial charge on any atom is -0.357 e. The molecule has 2 nitrogen and oxygen atoms in total. The third-order valence-electron chi connectivity index (χ3n) is 7.00. The van der Waals surface area contributed by atoms with Crippen molar-refractivity contribution in [2.75, 3.05) is 0 Å². The van der Waals surface area contributed by atoms with Gasteiger partial charge in [-0.3, -0.25) is 0 Å². The molecule has 1 saturated carbocycles. The Morgan fingerprint density at radius 1 is 1.12 bits per heavy atom. The second-order valence-corrected chi connectivity index (χ2v) is 9.17. The molecule has 2 aromatic rings. The lowest BCUT2D eigenvalue weighted by molar-refractivity contribution is 0.264. The molecule has 0 radical (unpaired) electrons. The molecule has 2 aliphatic rings. The highest BCUT2D eigenvalue weighted by Gasteiger charge is 2.48. The average Bonchev–Trinajstić information content (AvgIpc) is 3.25. The predicted molar refractivity (Wildman–Crippen MR) is 103 cm³/mol. The minimum atomic E-state index is 0.197. The molecule has 2 heteroatoms. The zero-order valence-electron chi connectivity index (χ0n) is 16.3. The van der Waals surface area contributed by atoms with Crippen LogP contribution in [-0.2, 0) is 10.8 Å². The van der Waals surface area contributed by atoms with Gasteiger partial charge in [-0.15, -0.1) is 0 Å². The molecule has 2 aliphatic carbocycles. The van der Waals surface area contributed by atoms with Gasteiger partial charge in [0.05, 0.1) is 6.20 Å². The number of hydrogen-bond acceptors (Lipinski definition) is 2. The molecule has 25 heavy (non-hydrogen) atoms. The third-order valence-corrected chi connectivity index (χ3v) is 7.00. The highest BCUT2D eigenvalue weighted by atomic mass is 16.5. The molecule has 0 aliphatic heterocycles. The molecular weight excluding hydrogens is 306 g/mol. The van der Waals surface area contributed by atoms with Gasteiger partial charge in [-0.1, -0.05) is 51.9 Å². The monoisotopic (exact) mass is 335 g/mol. The molecule has 4 rings (SSSR count). The molecule has 1 atom stereocenters. The van der Waals surface area contributed by atoms with Gasteiger partial charge in [0.15, 0.2) is 5.76 Å². The Labute approximate surface area is 151 Å². The van der Waals surface area contributed by atoms with Gasteiger partial charge in [0.1, 0.15) is 0 Å². The average molecular weight is 335 g/mol. The minimum absolute atomic E-state index is 0.197. The van der Waals surface area contributed by atoms with Crippen molar-refractivity contribution in [1.82, 2.24) is 5.16 Å². The van der Waals surface area contributed by atoms with Crippen LogP contribution < -0.4 is 0 Å². The van der Waals surface area contributed by atoms with E-state index in [0.717, 1.165) is 5.76 Å². The number of aromatic nitrogens is 1. The van der Waals surface area contributed by atoms with E-state index in [0.29, 0.717) is 11.8 Å². The van der Waals surface area contributed by atoms with Gasteiger partial charge < -0.3 is 4.52 Å². The van der Waals surface area contributed by atoms with Crippen LogP contribution in [0.3, 0.4) is 0 Å². The van der Waals surface area contributed by atoms with Crippen molar-refractivity contribution in [3.05, 3.63) is 52.4 Å². The van der Waals surface area contributed by atoms with Crippen LogP contribution in [0.1, 0.15) is 75.5 Å². The van der Waals surface area contributed by atoms with E-state index >= 15 is 0 Å². The Morgan fingerprint density at radius 3 is 2.32 bits per heavy atom. The van der Waals surface area contributed by atoms with Gasteiger partial charge in [0.25, 0.3) is 0 Å². The van der Waals surface area contributed by atoms with Crippen molar-refractivity contribution in [1.29, 1.82) is 0 Å². The maximum absolute atomic E-state index is 5.36. The van der Waals surface area contributed by atoms with Gasteiger partial charge in [-0.2, -0.15) is 0 Å². The number of benzene rings is 1. The maximum atomic E-state index is 5.36. The van der Waals surface area contributed by atoms with Crippen molar-refractivity contribution in [2.24, 2.45) is 11.8 Å². The summed E-state index contributed by atoms with van der Waals surface area (Å²) < 4.78 is 5.36. The van der Waals surface area contributed by atoms with Crippen LogP contribution >= 0.6 is 0 Å². The van der Waals surface area contributed by atoms with E-state index < -0.39 is 0 Å². The molecule has 0 N–H and O–H groups in total. The van der Waals surface area contributed by atoms with Crippen molar-refractivity contribution in [2.45, 2.75) is 65.2 Å². The normalized spacial score (nSPS) is 24.4. The highest BCUT2D eigenvalue weighted by molar-refractivity contribution is 5.84. The molecule has 132 valence electrons. The van der Waals surface area contributed by atoms with Crippen LogP contribution in [0.4, 0.5) is 0 Å². The number of allylic oxidation sites excluding steroid dienone is 1. The van der Waals surface area contributed by atoms with Gasteiger partial charge in [-0.05, 0) is 76.3 Å². The number of hydrogen-bond donors (Lipinski definition) is 0. The van der Waals surface area contributed by atoms with Crippen LogP contribution in [0.15, 0.2) is 28.9 Å². The fraction of sp³-hybridized carbons (Fsp3) is 0.522. The number of fused-ring (bicyclic) bond motifs is 1. The van der Waals surface area contributed by atoms with Gasteiger partial charge in [0.2, 0.25) is 0 Å². The quantitative estimate of drug-likeness (QED) is 0.673. The maximum Gasteiger partial charge on any atom is 0.159 e. The lowest BCUT2D eigenvalue weighted by Crippen LogP contribution is -2.30. The third kappa shape index (κ3) is 2.49. The van der Waals surface area contributed by atoms with Crippen LogP contribution in [0.2, 0.25) is 0 Å².